The lowest BCUT2D eigenvalue weighted by Gasteiger charge is -2.20. The summed E-state index contributed by atoms with van der Waals surface area (Å²) in [6.07, 6.45) is -9.22. The number of carbonyl (C=O) groups excluding carboxylic acids is 2. The summed E-state index contributed by atoms with van der Waals surface area (Å²) in [5.41, 5.74) is -1.08. The number of nitrogens with zero attached hydrogens (tertiary/aromatic N) is 1. The molecule has 10 heteroatoms. The standard InChI is InChI=1S/C19H16F6N2O2/c1-27(17(29)14-4-2-3-5-15(14)19(23,24)25)10-12-6-8-13(9-7-12)16(28)26-11-18(20,21)22/h2-9H,10-11H2,1H3,(H,26,28). The molecule has 4 nitrogen and oxygen atoms in total. The summed E-state index contributed by atoms with van der Waals surface area (Å²) in [5, 5.41) is 1.72. The van der Waals surface area contributed by atoms with Gasteiger partial charge in [-0.25, -0.2) is 0 Å². The average Bonchev–Trinajstić information content (AvgIpc) is 2.64. The van der Waals surface area contributed by atoms with Gasteiger partial charge in [0.1, 0.15) is 6.54 Å². The molecule has 0 aliphatic carbocycles. The molecule has 0 aliphatic rings. The van der Waals surface area contributed by atoms with Crippen molar-refractivity contribution in [2.24, 2.45) is 0 Å². The van der Waals surface area contributed by atoms with Crippen LogP contribution in [0.4, 0.5) is 26.3 Å². The van der Waals surface area contributed by atoms with Gasteiger partial charge in [-0.3, -0.25) is 9.59 Å². The van der Waals surface area contributed by atoms with Gasteiger partial charge in [-0.05, 0) is 29.8 Å². The van der Waals surface area contributed by atoms with Crippen molar-refractivity contribution in [1.29, 1.82) is 0 Å². The van der Waals surface area contributed by atoms with Gasteiger partial charge in [0.25, 0.3) is 11.8 Å². The lowest BCUT2D eigenvalue weighted by atomic mass is 10.1. The van der Waals surface area contributed by atoms with Gasteiger partial charge in [-0.2, -0.15) is 26.3 Å². The highest BCUT2D eigenvalue weighted by Crippen LogP contribution is 2.32. The van der Waals surface area contributed by atoms with Gasteiger partial charge in [-0.15, -0.1) is 0 Å². The van der Waals surface area contributed by atoms with Crippen LogP contribution in [0.3, 0.4) is 0 Å². The van der Waals surface area contributed by atoms with E-state index in [1.807, 2.05) is 0 Å². The van der Waals surface area contributed by atoms with E-state index in [1.165, 1.54) is 43.4 Å². The summed E-state index contributed by atoms with van der Waals surface area (Å²) in [4.78, 5) is 25.2. The Hall–Kier alpha value is -3.04. The molecular weight excluding hydrogens is 402 g/mol. The second kappa shape index (κ2) is 8.54. The molecule has 2 aromatic carbocycles. The fraction of sp³-hybridized carbons (Fsp3) is 0.263. The Morgan fingerprint density at radius 2 is 1.52 bits per heavy atom. The van der Waals surface area contributed by atoms with Crippen molar-refractivity contribution >= 4 is 11.8 Å². The Balaban J connectivity index is 2.07. The summed E-state index contributed by atoms with van der Waals surface area (Å²) >= 11 is 0. The summed E-state index contributed by atoms with van der Waals surface area (Å²) in [5.74, 6) is -1.76. The summed E-state index contributed by atoms with van der Waals surface area (Å²) < 4.78 is 75.6. The Morgan fingerprint density at radius 3 is 2.07 bits per heavy atom. The van der Waals surface area contributed by atoms with Gasteiger partial charge in [0.2, 0.25) is 0 Å². The number of nitrogens with one attached hydrogen (secondary N) is 1. The van der Waals surface area contributed by atoms with Crippen LogP contribution >= 0.6 is 0 Å². The van der Waals surface area contributed by atoms with E-state index >= 15 is 0 Å². The molecule has 0 aliphatic heterocycles. The number of halogens is 6. The van der Waals surface area contributed by atoms with E-state index in [4.69, 9.17) is 0 Å². The Kier molecular flexibility index (Phi) is 6.55. The van der Waals surface area contributed by atoms with Gasteiger partial charge in [0.15, 0.2) is 0 Å². The van der Waals surface area contributed by atoms with E-state index in [1.54, 1.807) is 5.32 Å². The topological polar surface area (TPSA) is 49.4 Å². The first-order chi connectivity index (χ1) is 13.4. The maximum atomic E-state index is 13.1. The summed E-state index contributed by atoms with van der Waals surface area (Å²) in [7, 11) is 1.32. The average molecular weight is 418 g/mol. The second-order valence-electron chi connectivity index (χ2n) is 6.20. The van der Waals surface area contributed by atoms with Crippen molar-refractivity contribution in [2.45, 2.75) is 18.9 Å². The molecule has 0 atom stereocenters. The first kappa shape index (κ1) is 22.3. The van der Waals surface area contributed by atoms with E-state index < -0.39 is 41.8 Å². The quantitative estimate of drug-likeness (QED) is 0.738. The monoisotopic (exact) mass is 418 g/mol. The van der Waals surface area contributed by atoms with Gasteiger partial charge in [0, 0.05) is 19.2 Å². The molecule has 2 amide bonds. The molecule has 0 bridgehead atoms. The number of carbonyl (C=O) groups is 2. The zero-order valence-corrected chi connectivity index (χ0v) is 15.1. The highest BCUT2D eigenvalue weighted by Gasteiger charge is 2.35. The number of benzene rings is 2. The van der Waals surface area contributed by atoms with Gasteiger partial charge in [0.05, 0.1) is 11.1 Å². The zero-order valence-electron chi connectivity index (χ0n) is 15.1. The molecule has 0 spiro atoms. The molecule has 0 unspecified atom stereocenters. The Labute approximate surface area is 162 Å². The Bertz CT molecular complexity index is 876. The van der Waals surface area contributed by atoms with Crippen molar-refractivity contribution in [3.8, 4) is 0 Å². The van der Waals surface area contributed by atoms with E-state index in [-0.39, 0.29) is 12.1 Å². The first-order valence-electron chi connectivity index (χ1n) is 8.24. The number of amides is 2. The first-order valence-corrected chi connectivity index (χ1v) is 8.24. The predicted molar refractivity (Wildman–Crippen MR) is 92.1 cm³/mol. The molecule has 29 heavy (non-hydrogen) atoms. The molecule has 1 N–H and O–H groups in total. The molecular formula is C19H16F6N2O2. The second-order valence-corrected chi connectivity index (χ2v) is 6.20. The van der Waals surface area contributed by atoms with Crippen molar-refractivity contribution in [1.82, 2.24) is 10.2 Å². The summed E-state index contributed by atoms with van der Waals surface area (Å²) in [6, 6.07) is 9.74. The highest BCUT2D eigenvalue weighted by molar-refractivity contribution is 5.96. The van der Waals surface area contributed by atoms with E-state index in [0.717, 1.165) is 17.0 Å². The minimum Gasteiger partial charge on any atom is -0.343 e. The van der Waals surface area contributed by atoms with Crippen LogP contribution < -0.4 is 5.32 Å². The number of alkyl halides is 6. The summed E-state index contributed by atoms with van der Waals surface area (Å²) in [6.45, 7) is -1.53. The normalized spacial score (nSPS) is 11.8. The van der Waals surface area contributed by atoms with E-state index in [0.29, 0.717) is 5.56 Å². The third kappa shape index (κ3) is 6.23. The fourth-order valence-corrected chi connectivity index (χ4v) is 2.51. The van der Waals surface area contributed by atoms with Crippen LogP contribution in [0.1, 0.15) is 31.8 Å². The van der Waals surface area contributed by atoms with Crippen LogP contribution in [0.5, 0.6) is 0 Å². The maximum Gasteiger partial charge on any atom is 0.417 e. The third-order valence-corrected chi connectivity index (χ3v) is 3.89. The van der Waals surface area contributed by atoms with Crippen molar-refractivity contribution in [3.05, 3.63) is 70.8 Å². The van der Waals surface area contributed by atoms with E-state index in [2.05, 4.69) is 0 Å². The van der Waals surface area contributed by atoms with Gasteiger partial charge >= 0.3 is 12.4 Å². The van der Waals surface area contributed by atoms with Crippen LogP contribution in [0, 0.1) is 0 Å². The maximum absolute atomic E-state index is 13.1. The van der Waals surface area contributed by atoms with Crippen LogP contribution in [0.25, 0.3) is 0 Å². The lowest BCUT2D eigenvalue weighted by Crippen LogP contribution is -2.33. The molecule has 156 valence electrons. The van der Waals surface area contributed by atoms with Crippen LogP contribution in [-0.4, -0.2) is 36.5 Å². The molecule has 2 aromatic rings. The smallest absolute Gasteiger partial charge is 0.343 e. The molecule has 2 rings (SSSR count). The number of rotatable bonds is 5. The minimum absolute atomic E-state index is 0.0191. The van der Waals surface area contributed by atoms with Crippen molar-refractivity contribution in [2.75, 3.05) is 13.6 Å². The highest BCUT2D eigenvalue weighted by atomic mass is 19.4. The SMILES string of the molecule is CN(Cc1ccc(C(=O)NCC(F)(F)F)cc1)C(=O)c1ccccc1C(F)(F)F. The largest absolute Gasteiger partial charge is 0.417 e. The molecule has 0 fully saturated rings. The molecule has 0 radical (unpaired) electrons. The van der Waals surface area contributed by atoms with Crippen LogP contribution in [0.2, 0.25) is 0 Å². The molecule has 0 saturated carbocycles. The molecule has 0 aromatic heterocycles. The molecule has 0 saturated heterocycles. The lowest BCUT2D eigenvalue weighted by molar-refractivity contribution is -0.138. The third-order valence-electron chi connectivity index (χ3n) is 3.89. The fourth-order valence-electron chi connectivity index (χ4n) is 2.51. The van der Waals surface area contributed by atoms with E-state index in [9.17, 15) is 35.9 Å². The Morgan fingerprint density at radius 1 is 0.931 bits per heavy atom. The molecule has 0 heterocycles. The number of hydrogen-bond acceptors (Lipinski definition) is 2. The minimum atomic E-state index is -4.68. The van der Waals surface area contributed by atoms with Crippen LogP contribution in [-0.2, 0) is 12.7 Å². The predicted octanol–water partition coefficient (Wildman–Crippen LogP) is 4.27. The number of hydrogen-bond donors (Lipinski definition) is 1. The van der Waals surface area contributed by atoms with Crippen molar-refractivity contribution in [3.63, 3.8) is 0 Å². The van der Waals surface area contributed by atoms with Crippen molar-refractivity contribution < 1.29 is 35.9 Å². The van der Waals surface area contributed by atoms with Gasteiger partial charge in [-0.1, -0.05) is 24.3 Å². The zero-order chi connectivity index (χ0) is 21.8. The van der Waals surface area contributed by atoms with Crippen LogP contribution in [0.15, 0.2) is 48.5 Å². The van der Waals surface area contributed by atoms with Gasteiger partial charge < -0.3 is 10.2 Å².